The van der Waals surface area contributed by atoms with E-state index in [1.165, 1.54) is 43.4 Å². The molecule has 1 heterocycles. The van der Waals surface area contributed by atoms with Crippen molar-refractivity contribution in [3.8, 4) is 0 Å². The topological polar surface area (TPSA) is 29.3 Å². The van der Waals surface area contributed by atoms with Gasteiger partial charge in [-0.05, 0) is 30.9 Å². The number of nitrogens with zero attached hydrogens (tertiary/aromatic N) is 1. The molecule has 0 bridgehead atoms. The molecular weight excluding hydrogens is 196 g/mol. The molecule has 1 fully saturated rings. The van der Waals surface area contributed by atoms with E-state index in [0.717, 1.165) is 6.54 Å². The second kappa shape index (κ2) is 4.10. The summed E-state index contributed by atoms with van der Waals surface area (Å²) in [4.78, 5) is 2.55. The van der Waals surface area contributed by atoms with Crippen LogP contribution >= 0.6 is 0 Å². The zero-order valence-corrected chi connectivity index (χ0v) is 9.73. The van der Waals surface area contributed by atoms with E-state index in [2.05, 4.69) is 29.2 Å². The van der Waals surface area contributed by atoms with Crippen molar-refractivity contribution in [1.82, 2.24) is 0 Å². The number of hydrogen-bond donors (Lipinski definition) is 1. The highest BCUT2D eigenvalue weighted by molar-refractivity contribution is 5.58. The van der Waals surface area contributed by atoms with Gasteiger partial charge in [0.25, 0.3) is 0 Å². The van der Waals surface area contributed by atoms with Gasteiger partial charge in [-0.15, -0.1) is 0 Å². The molecular formula is C14H20N2. The van der Waals surface area contributed by atoms with Crippen LogP contribution in [0, 0.1) is 0 Å². The molecule has 1 aromatic rings. The van der Waals surface area contributed by atoms with E-state index < -0.39 is 0 Å². The van der Waals surface area contributed by atoms with Crippen molar-refractivity contribution in [3.05, 3.63) is 29.8 Å². The number of anilines is 1. The zero-order chi connectivity index (χ0) is 11.0. The number of hydrogen-bond acceptors (Lipinski definition) is 2. The molecule has 0 aromatic heterocycles. The first-order valence-corrected chi connectivity index (χ1v) is 6.46. The quantitative estimate of drug-likeness (QED) is 0.780. The summed E-state index contributed by atoms with van der Waals surface area (Å²) < 4.78 is 0. The second-order valence-corrected chi connectivity index (χ2v) is 5.09. The molecule has 2 aliphatic rings. The molecule has 0 spiro atoms. The third kappa shape index (κ3) is 1.61. The summed E-state index contributed by atoms with van der Waals surface area (Å²) in [6.07, 6.45) is 6.32. The molecule has 2 atom stereocenters. The average Bonchev–Trinajstić information content (AvgIpc) is 2.74. The maximum Gasteiger partial charge on any atom is 0.0441 e. The molecule has 0 radical (unpaired) electrons. The lowest BCUT2D eigenvalue weighted by atomic mass is 9.90. The predicted molar refractivity (Wildman–Crippen MR) is 67.7 cm³/mol. The van der Waals surface area contributed by atoms with Crippen LogP contribution in [0.4, 0.5) is 5.69 Å². The van der Waals surface area contributed by atoms with Crippen molar-refractivity contribution in [2.24, 2.45) is 5.73 Å². The van der Waals surface area contributed by atoms with Crippen molar-refractivity contribution < 1.29 is 0 Å². The van der Waals surface area contributed by atoms with Crippen LogP contribution in [0.15, 0.2) is 24.3 Å². The van der Waals surface area contributed by atoms with Crippen molar-refractivity contribution in [1.29, 1.82) is 0 Å². The summed E-state index contributed by atoms with van der Waals surface area (Å²) >= 11 is 0. The summed E-state index contributed by atoms with van der Waals surface area (Å²) in [5, 5.41) is 0. The summed E-state index contributed by atoms with van der Waals surface area (Å²) in [7, 11) is 0. The first kappa shape index (κ1) is 10.2. The third-order valence-electron chi connectivity index (χ3n) is 4.10. The zero-order valence-electron chi connectivity index (χ0n) is 9.73. The highest BCUT2D eigenvalue weighted by Crippen LogP contribution is 2.33. The van der Waals surface area contributed by atoms with E-state index in [9.17, 15) is 0 Å². The molecule has 3 rings (SSSR count). The van der Waals surface area contributed by atoms with Gasteiger partial charge in [-0.25, -0.2) is 0 Å². The van der Waals surface area contributed by atoms with Gasteiger partial charge in [-0.3, -0.25) is 0 Å². The van der Waals surface area contributed by atoms with Crippen LogP contribution in [0.5, 0.6) is 0 Å². The minimum atomic E-state index is 0.375. The maximum absolute atomic E-state index is 6.27. The van der Waals surface area contributed by atoms with Crippen molar-refractivity contribution in [2.45, 2.75) is 44.2 Å². The molecule has 1 aliphatic heterocycles. The Balaban J connectivity index is 1.86. The van der Waals surface area contributed by atoms with Crippen LogP contribution in [-0.4, -0.2) is 18.6 Å². The Hall–Kier alpha value is -1.02. The minimum absolute atomic E-state index is 0.375. The molecule has 1 aromatic carbocycles. The average molecular weight is 216 g/mol. The van der Waals surface area contributed by atoms with E-state index in [0.29, 0.717) is 12.1 Å². The Morgan fingerprint density at radius 3 is 2.81 bits per heavy atom. The van der Waals surface area contributed by atoms with Crippen LogP contribution in [0.25, 0.3) is 0 Å². The fourth-order valence-electron chi connectivity index (χ4n) is 3.24. The first-order chi connectivity index (χ1) is 7.86. The number of nitrogens with two attached hydrogens (primary N) is 1. The van der Waals surface area contributed by atoms with Crippen LogP contribution in [0.1, 0.15) is 31.2 Å². The van der Waals surface area contributed by atoms with Crippen molar-refractivity contribution in [3.63, 3.8) is 0 Å². The second-order valence-electron chi connectivity index (χ2n) is 5.09. The Kier molecular flexibility index (Phi) is 2.60. The minimum Gasteiger partial charge on any atom is -0.366 e. The lowest BCUT2D eigenvalue weighted by Crippen LogP contribution is -2.49. The van der Waals surface area contributed by atoms with Gasteiger partial charge in [0.15, 0.2) is 0 Å². The predicted octanol–water partition coefficient (Wildman–Crippen LogP) is 2.32. The molecule has 16 heavy (non-hydrogen) atoms. The largest absolute Gasteiger partial charge is 0.366 e. The summed E-state index contributed by atoms with van der Waals surface area (Å²) in [5.74, 6) is 0. The van der Waals surface area contributed by atoms with Gasteiger partial charge < -0.3 is 10.6 Å². The van der Waals surface area contributed by atoms with Gasteiger partial charge in [-0.1, -0.05) is 31.0 Å². The molecule has 2 nitrogen and oxygen atoms in total. The van der Waals surface area contributed by atoms with Crippen LogP contribution in [-0.2, 0) is 6.42 Å². The third-order valence-corrected chi connectivity index (χ3v) is 4.10. The van der Waals surface area contributed by atoms with E-state index in [1.54, 1.807) is 0 Å². The van der Waals surface area contributed by atoms with Crippen LogP contribution in [0.2, 0.25) is 0 Å². The lowest BCUT2D eigenvalue weighted by molar-refractivity contribution is 0.368. The highest BCUT2D eigenvalue weighted by atomic mass is 15.2. The number of fused-ring (bicyclic) bond motifs is 1. The molecule has 1 aliphatic carbocycles. The SMILES string of the molecule is NC1CCCCC1N1CCc2ccccc21. The Morgan fingerprint density at radius 1 is 1.12 bits per heavy atom. The summed E-state index contributed by atoms with van der Waals surface area (Å²) in [5.41, 5.74) is 9.21. The normalized spacial score (nSPS) is 29.2. The van der Waals surface area contributed by atoms with Gasteiger partial charge in [0.2, 0.25) is 0 Å². The number of benzene rings is 1. The number of para-hydroxylation sites is 1. The van der Waals surface area contributed by atoms with E-state index in [-0.39, 0.29) is 0 Å². The van der Waals surface area contributed by atoms with Crippen molar-refractivity contribution in [2.75, 3.05) is 11.4 Å². The van der Waals surface area contributed by atoms with Crippen LogP contribution in [0.3, 0.4) is 0 Å². The molecule has 86 valence electrons. The standard InChI is InChI=1S/C14H20N2/c15-12-6-2-4-8-14(12)16-10-9-11-5-1-3-7-13(11)16/h1,3,5,7,12,14H,2,4,6,8-10,15H2. The Bertz CT molecular complexity index is 375. The highest BCUT2D eigenvalue weighted by Gasteiger charge is 2.31. The molecule has 2 unspecified atom stereocenters. The molecule has 1 saturated carbocycles. The summed E-state index contributed by atoms with van der Waals surface area (Å²) in [6.45, 7) is 1.16. The number of rotatable bonds is 1. The first-order valence-electron chi connectivity index (χ1n) is 6.46. The van der Waals surface area contributed by atoms with E-state index in [4.69, 9.17) is 5.73 Å². The summed E-state index contributed by atoms with van der Waals surface area (Å²) in [6, 6.07) is 9.75. The van der Waals surface area contributed by atoms with Gasteiger partial charge in [0.1, 0.15) is 0 Å². The van der Waals surface area contributed by atoms with Crippen molar-refractivity contribution >= 4 is 5.69 Å². The van der Waals surface area contributed by atoms with E-state index in [1.807, 2.05) is 0 Å². The fourth-order valence-corrected chi connectivity index (χ4v) is 3.24. The molecule has 0 saturated heterocycles. The monoisotopic (exact) mass is 216 g/mol. The van der Waals surface area contributed by atoms with E-state index >= 15 is 0 Å². The van der Waals surface area contributed by atoms with Gasteiger partial charge in [0.05, 0.1) is 0 Å². The van der Waals surface area contributed by atoms with Crippen LogP contribution < -0.4 is 10.6 Å². The maximum atomic E-state index is 6.27. The van der Waals surface area contributed by atoms with Gasteiger partial charge in [0, 0.05) is 24.3 Å². The van der Waals surface area contributed by atoms with Gasteiger partial charge >= 0.3 is 0 Å². The Labute approximate surface area is 97.4 Å². The molecule has 2 heteroatoms. The fraction of sp³-hybridized carbons (Fsp3) is 0.571. The Morgan fingerprint density at radius 2 is 1.94 bits per heavy atom. The lowest BCUT2D eigenvalue weighted by Gasteiger charge is -2.37. The van der Waals surface area contributed by atoms with Gasteiger partial charge in [-0.2, -0.15) is 0 Å². The smallest absolute Gasteiger partial charge is 0.0441 e. The molecule has 0 amide bonds. The molecule has 2 N–H and O–H groups in total.